The average Bonchev–Trinajstić information content (AvgIpc) is 3.00. The molecule has 0 radical (unpaired) electrons. The van der Waals surface area contributed by atoms with E-state index in [2.05, 4.69) is 104 Å². The van der Waals surface area contributed by atoms with E-state index in [9.17, 15) is 0 Å². The van der Waals surface area contributed by atoms with Gasteiger partial charge in [-0.05, 0) is 93.4 Å². The second kappa shape index (κ2) is 12.6. The first-order chi connectivity index (χ1) is 19.6. The number of hydrogen-bond donors (Lipinski definition) is 0. The number of fused-ring (bicyclic) bond motifs is 2. The quantitative estimate of drug-likeness (QED) is 0.135. The third-order valence-corrected chi connectivity index (χ3v) is 7.35. The second-order valence-electron chi connectivity index (χ2n) is 9.79. The van der Waals surface area contributed by atoms with Gasteiger partial charge >= 0.3 is 0 Å². The van der Waals surface area contributed by atoms with E-state index in [1.165, 1.54) is 11.4 Å². The fraction of sp³-hybridized carbons (Fsp3) is 0.229. The van der Waals surface area contributed by atoms with Crippen molar-refractivity contribution in [2.75, 3.05) is 36.0 Å². The molecule has 202 valence electrons. The molecule has 4 aromatic carbocycles. The molecule has 5 heteroatoms. The van der Waals surface area contributed by atoms with Crippen molar-refractivity contribution in [2.24, 2.45) is 9.98 Å². The first-order valence-electron chi connectivity index (χ1n) is 14.2. The molecule has 0 saturated heterocycles. The van der Waals surface area contributed by atoms with Crippen LogP contribution in [0.25, 0.3) is 21.8 Å². The zero-order valence-corrected chi connectivity index (χ0v) is 23.9. The largest absolute Gasteiger partial charge is 0.372 e. The minimum absolute atomic E-state index is 0.884. The van der Waals surface area contributed by atoms with Gasteiger partial charge in [-0.15, -0.1) is 0 Å². The van der Waals surface area contributed by atoms with Gasteiger partial charge in [-0.25, -0.2) is 4.98 Å². The summed E-state index contributed by atoms with van der Waals surface area (Å²) in [5.74, 6) is 0. The Bertz CT molecular complexity index is 1510. The van der Waals surface area contributed by atoms with Crippen LogP contribution in [0.3, 0.4) is 0 Å². The highest BCUT2D eigenvalue weighted by molar-refractivity contribution is 5.95. The van der Waals surface area contributed by atoms with Crippen molar-refractivity contribution in [3.8, 4) is 0 Å². The number of aromatic nitrogens is 1. The van der Waals surface area contributed by atoms with Gasteiger partial charge in [0.15, 0.2) is 0 Å². The summed E-state index contributed by atoms with van der Waals surface area (Å²) in [6.45, 7) is 12.7. The van der Waals surface area contributed by atoms with Gasteiger partial charge in [-0.2, -0.15) is 0 Å². The Morgan fingerprint density at radius 1 is 0.525 bits per heavy atom. The molecule has 0 fully saturated rings. The highest BCUT2D eigenvalue weighted by atomic mass is 15.1. The summed E-state index contributed by atoms with van der Waals surface area (Å²) in [5.41, 5.74) is 8.24. The molecule has 0 unspecified atom stereocenters. The maximum atomic E-state index is 4.95. The van der Waals surface area contributed by atoms with Crippen LogP contribution in [0.15, 0.2) is 101 Å². The molecule has 0 aliphatic carbocycles. The molecule has 1 heterocycles. The molecule has 0 bridgehead atoms. The third kappa shape index (κ3) is 6.20. The monoisotopic (exact) mass is 527 g/mol. The Morgan fingerprint density at radius 2 is 0.925 bits per heavy atom. The number of aliphatic imine (C=N–C) groups is 2. The third-order valence-electron chi connectivity index (χ3n) is 7.35. The maximum absolute atomic E-state index is 4.95. The molecule has 0 aliphatic heterocycles. The van der Waals surface area contributed by atoms with E-state index in [4.69, 9.17) is 15.0 Å². The van der Waals surface area contributed by atoms with Gasteiger partial charge in [0.25, 0.3) is 0 Å². The average molecular weight is 528 g/mol. The molecule has 0 saturated carbocycles. The molecule has 0 N–H and O–H groups in total. The SMILES string of the molecule is CCN(CC)c1ccc(C=Nc2ccc3cc4ccc(N=Cc5ccc(N(CC)CC)cc5)cc4nc3c2)cc1. The fourth-order valence-electron chi connectivity index (χ4n) is 4.98. The normalized spacial score (nSPS) is 11.7. The van der Waals surface area contributed by atoms with Crippen molar-refractivity contribution in [2.45, 2.75) is 27.7 Å². The Morgan fingerprint density at radius 3 is 1.30 bits per heavy atom. The number of rotatable bonds is 10. The van der Waals surface area contributed by atoms with Crippen LogP contribution in [0, 0.1) is 0 Å². The van der Waals surface area contributed by atoms with Crippen LogP contribution >= 0.6 is 0 Å². The predicted molar refractivity (Wildman–Crippen MR) is 174 cm³/mol. The van der Waals surface area contributed by atoms with Crippen molar-refractivity contribution in [3.05, 3.63) is 102 Å². The van der Waals surface area contributed by atoms with E-state index in [0.29, 0.717) is 0 Å². The molecule has 0 amide bonds. The van der Waals surface area contributed by atoms with Crippen LogP contribution in [0.1, 0.15) is 38.8 Å². The van der Waals surface area contributed by atoms with Gasteiger partial charge in [0.1, 0.15) is 0 Å². The van der Waals surface area contributed by atoms with Crippen LogP contribution in [0.5, 0.6) is 0 Å². The molecular weight excluding hydrogens is 490 g/mol. The molecule has 0 spiro atoms. The lowest BCUT2D eigenvalue weighted by molar-refractivity contribution is 0.866. The van der Waals surface area contributed by atoms with Gasteiger partial charge < -0.3 is 9.80 Å². The van der Waals surface area contributed by atoms with Crippen LogP contribution in [0.2, 0.25) is 0 Å². The second-order valence-corrected chi connectivity index (χ2v) is 9.79. The topological polar surface area (TPSA) is 44.1 Å². The summed E-state index contributed by atoms with van der Waals surface area (Å²) in [4.78, 5) is 19.1. The van der Waals surface area contributed by atoms with E-state index >= 15 is 0 Å². The van der Waals surface area contributed by atoms with E-state index in [1.54, 1.807) is 0 Å². The molecule has 0 aliphatic rings. The summed E-state index contributed by atoms with van der Waals surface area (Å²) in [5, 5.41) is 2.19. The zero-order chi connectivity index (χ0) is 27.9. The number of pyridine rings is 1. The summed E-state index contributed by atoms with van der Waals surface area (Å²) >= 11 is 0. The summed E-state index contributed by atoms with van der Waals surface area (Å²) in [7, 11) is 0. The van der Waals surface area contributed by atoms with E-state index in [1.807, 2.05) is 36.7 Å². The number of nitrogens with zero attached hydrogens (tertiary/aromatic N) is 5. The van der Waals surface area contributed by atoms with E-state index < -0.39 is 0 Å². The molecular formula is C35H37N5. The van der Waals surface area contributed by atoms with Crippen molar-refractivity contribution >= 4 is 57.0 Å². The standard InChI is InChI=1S/C35H37N5/c1-5-39(6-2)32-17-9-26(10-18-32)24-36-30-15-13-28-21-29-14-16-31(23-35(29)38-34(28)22-30)37-25-27-11-19-33(20-12-27)40(7-3)8-4/h9-25H,5-8H2,1-4H3. The van der Waals surface area contributed by atoms with Crippen molar-refractivity contribution in [3.63, 3.8) is 0 Å². The Labute approximate surface area is 237 Å². The number of anilines is 2. The highest BCUT2D eigenvalue weighted by Gasteiger charge is 2.04. The van der Waals surface area contributed by atoms with E-state index in [0.717, 1.165) is 70.5 Å². The fourth-order valence-corrected chi connectivity index (χ4v) is 4.98. The van der Waals surface area contributed by atoms with Gasteiger partial charge in [-0.1, -0.05) is 36.4 Å². The van der Waals surface area contributed by atoms with Crippen molar-refractivity contribution in [1.82, 2.24) is 4.98 Å². The smallest absolute Gasteiger partial charge is 0.0731 e. The molecule has 5 nitrogen and oxygen atoms in total. The summed E-state index contributed by atoms with van der Waals surface area (Å²) in [6.07, 6.45) is 3.82. The lowest BCUT2D eigenvalue weighted by Crippen LogP contribution is -2.21. The Hall–Kier alpha value is -4.51. The van der Waals surface area contributed by atoms with Gasteiger partial charge in [0, 0.05) is 60.8 Å². The van der Waals surface area contributed by atoms with Crippen LogP contribution in [-0.4, -0.2) is 43.6 Å². The molecule has 1 aromatic heterocycles. The Balaban J connectivity index is 1.34. The van der Waals surface area contributed by atoms with Gasteiger partial charge in [0.2, 0.25) is 0 Å². The maximum Gasteiger partial charge on any atom is 0.0731 e. The van der Waals surface area contributed by atoms with Crippen LogP contribution in [0.4, 0.5) is 22.7 Å². The first kappa shape index (κ1) is 27.1. The van der Waals surface area contributed by atoms with Gasteiger partial charge in [0.05, 0.1) is 22.4 Å². The lowest BCUT2D eigenvalue weighted by atomic mass is 10.1. The van der Waals surface area contributed by atoms with Crippen LogP contribution < -0.4 is 9.80 Å². The highest BCUT2D eigenvalue weighted by Crippen LogP contribution is 2.27. The van der Waals surface area contributed by atoms with Crippen LogP contribution in [-0.2, 0) is 0 Å². The van der Waals surface area contributed by atoms with Crippen molar-refractivity contribution < 1.29 is 0 Å². The zero-order valence-electron chi connectivity index (χ0n) is 23.9. The van der Waals surface area contributed by atoms with Gasteiger partial charge in [-0.3, -0.25) is 9.98 Å². The van der Waals surface area contributed by atoms with Crippen molar-refractivity contribution in [1.29, 1.82) is 0 Å². The minimum Gasteiger partial charge on any atom is -0.372 e. The minimum atomic E-state index is 0.884. The predicted octanol–water partition coefficient (Wildman–Crippen LogP) is 8.58. The van der Waals surface area contributed by atoms with E-state index in [-0.39, 0.29) is 0 Å². The molecule has 5 aromatic rings. The summed E-state index contributed by atoms with van der Waals surface area (Å²) in [6, 6.07) is 31.6. The Kier molecular flexibility index (Phi) is 8.50. The summed E-state index contributed by atoms with van der Waals surface area (Å²) < 4.78 is 0. The number of benzene rings is 4. The molecule has 0 atom stereocenters. The molecule has 5 rings (SSSR count). The lowest BCUT2D eigenvalue weighted by Gasteiger charge is -2.20. The first-order valence-corrected chi connectivity index (χ1v) is 14.2. The number of hydrogen-bond acceptors (Lipinski definition) is 5. The molecule has 40 heavy (non-hydrogen) atoms.